The lowest BCUT2D eigenvalue weighted by atomic mass is 9.95. The highest BCUT2D eigenvalue weighted by atomic mass is 32.1. The zero-order chi connectivity index (χ0) is 21.5. The number of aliphatic hydroxyl groups is 1. The summed E-state index contributed by atoms with van der Waals surface area (Å²) in [6.07, 6.45) is 3.83. The van der Waals surface area contributed by atoms with Crippen LogP contribution in [-0.4, -0.2) is 64.8 Å². The van der Waals surface area contributed by atoms with Crippen LogP contribution in [0, 0.1) is 5.92 Å². The molecule has 1 unspecified atom stereocenters. The summed E-state index contributed by atoms with van der Waals surface area (Å²) in [6.45, 7) is 5.01. The number of aliphatic hydroxyl groups excluding tert-OH is 1. The minimum absolute atomic E-state index is 0.398. The third kappa shape index (κ3) is 6.46. The number of β-amino-alcohol motifs (C(OH)–C–C–N with tert-alkyl or cyclic N) is 1. The number of thiophene rings is 1. The molecule has 4 rings (SSSR count). The maximum Gasteiger partial charge on any atom is 0.227 e. The fraction of sp³-hybridized carbons (Fsp3) is 0.500. The lowest BCUT2D eigenvalue weighted by Gasteiger charge is -2.34. The van der Waals surface area contributed by atoms with Crippen molar-refractivity contribution in [2.75, 3.05) is 39.8 Å². The minimum Gasteiger partial charge on any atom is -0.387 e. The molecule has 1 atom stereocenters. The summed E-state index contributed by atoms with van der Waals surface area (Å²) in [4.78, 5) is 10.4. The summed E-state index contributed by atoms with van der Waals surface area (Å²) in [5.41, 5.74) is 1.01. The van der Waals surface area contributed by atoms with Crippen LogP contribution in [0.4, 0.5) is 0 Å². The third-order valence-electron chi connectivity index (χ3n) is 6.03. The normalized spacial score (nSPS) is 16.7. The van der Waals surface area contributed by atoms with E-state index in [1.165, 1.54) is 12.8 Å². The van der Waals surface area contributed by atoms with Crippen LogP contribution in [0.3, 0.4) is 0 Å². The molecule has 0 aliphatic carbocycles. The van der Waals surface area contributed by atoms with E-state index in [9.17, 15) is 5.11 Å². The Balaban J connectivity index is 1.12. The predicted octanol–water partition coefficient (Wildman–Crippen LogP) is 4.11. The van der Waals surface area contributed by atoms with E-state index < -0.39 is 6.10 Å². The summed E-state index contributed by atoms with van der Waals surface area (Å²) in [5.74, 6) is 2.15. The van der Waals surface area contributed by atoms with Gasteiger partial charge in [0.15, 0.2) is 0 Å². The zero-order valence-corrected chi connectivity index (χ0v) is 19.0. The fourth-order valence-electron chi connectivity index (χ4n) is 4.27. The summed E-state index contributed by atoms with van der Waals surface area (Å²) in [5, 5.41) is 16.6. The van der Waals surface area contributed by atoms with Gasteiger partial charge in [-0.05, 0) is 68.9 Å². The SMILES string of the molecule is CN(CCCc1nc(-c2cccs2)no1)CC1CCN(CC(O)c2ccccc2)CC1. The quantitative estimate of drug-likeness (QED) is 0.512. The van der Waals surface area contributed by atoms with Crippen molar-refractivity contribution in [3.63, 3.8) is 0 Å². The van der Waals surface area contributed by atoms with Gasteiger partial charge in [-0.25, -0.2) is 0 Å². The van der Waals surface area contributed by atoms with Gasteiger partial charge in [0.1, 0.15) is 0 Å². The molecule has 0 spiro atoms. The topological polar surface area (TPSA) is 65.6 Å². The predicted molar refractivity (Wildman–Crippen MR) is 124 cm³/mol. The number of hydrogen-bond acceptors (Lipinski definition) is 7. The van der Waals surface area contributed by atoms with Gasteiger partial charge >= 0.3 is 0 Å². The van der Waals surface area contributed by atoms with Crippen molar-refractivity contribution in [2.24, 2.45) is 5.92 Å². The van der Waals surface area contributed by atoms with Crippen LogP contribution >= 0.6 is 11.3 Å². The van der Waals surface area contributed by atoms with Gasteiger partial charge < -0.3 is 19.4 Å². The molecule has 166 valence electrons. The van der Waals surface area contributed by atoms with Crippen LogP contribution < -0.4 is 0 Å². The van der Waals surface area contributed by atoms with E-state index in [1.807, 2.05) is 47.8 Å². The van der Waals surface area contributed by atoms with Crippen LogP contribution in [0.1, 0.15) is 36.8 Å². The van der Waals surface area contributed by atoms with E-state index >= 15 is 0 Å². The fourth-order valence-corrected chi connectivity index (χ4v) is 4.92. The van der Waals surface area contributed by atoms with Crippen molar-refractivity contribution in [3.8, 4) is 10.7 Å². The molecule has 1 saturated heterocycles. The number of aryl methyl sites for hydroxylation is 1. The first kappa shape index (κ1) is 22.1. The summed E-state index contributed by atoms with van der Waals surface area (Å²) >= 11 is 1.63. The van der Waals surface area contributed by atoms with Gasteiger partial charge in [0, 0.05) is 19.5 Å². The van der Waals surface area contributed by atoms with Gasteiger partial charge in [0.2, 0.25) is 11.7 Å². The molecule has 0 radical (unpaired) electrons. The maximum atomic E-state index is 10.5. The van der Waals surface area contributed by atoms with E-state index in [0.29, 0.717) is 5.82 Å². The molecule has 0 amide bonds. The Bertz CT molecular complexity index is 891. The largest absolute Gasteiger partial charge is 0.387 e. The Morgan fingerprint density at radius 2 is 2.00 bits per heavy atom. The molecule has 31 heavy (non-hydrogen) atoms. The Hall–Kier alpha value is -2.06. The second-order valence-electron chi connectivity index (χ2n) is 8.53. The van der Waals surface area contributed by atoms with Gasteiger partial charge in [-0.3, -0.25) is 0 Å². The van der Waals surface area contributed by atoms with Crippen LogP contribution in [0.2, 0.25) is 0 Å². The number of rotatable bonds is 10. The first-order chi connectivity index (χ1) is 15.2. The van der Waals surface area contributed by atoms with Gasteiger partial charge in [-0.1, -0.05) is 41.6 Å². The number of aromatic nitrogens is 2. The average Bonchev–Trinajstić information content (AvgIpc) is 3.48. The summed E-state index contributed by atoms with van der Waals surface area (Å²) < 4.78 is 5.40. The lowest BCUT2D eigenvalue weighted by Crippen LogP contribution is -2.39. The Labute approximate surface area is 188 Å². The summed E-state index contributed by atoms with van der Waals surface area (Å²) in [7, 11) is 2.20. The molecule has 6 nitrogen and oxygen atoms in total. The molecule has 7 heteroatoms. The second kappa shape index (κ2) is 11.0. The number of piperidine rings is 1. The van der Waals surface area contributed by atoms with E-state index in [2.05, 4.69) is 27.0 Å². The molecular weight excluding hydrogens is 408 g/mol. The third-order valence-corrected chi connectivity index (χ3v) is 6.90. The van der Waals surface area contributed by atoms with E-state index in [0.717, 1.165) is 67.8 Å². The van der Waals surface area contributed by atoms with Crippen LogP contribution in [0.15, 0.2) is 52.4 Å². The van der Waals surface area contributed by atoms with Crippen molar-refractivity contribution in [3.05, 3.63) is 59.3 Å². The number of hydrogen-bond donors (Lipinski definition) is 1. The van der Waals surface area contributed by atoms with Gasteiger partial charge in [0.05, 0.1) is 11.0 Å². The van der Waals surface area contributed by atoms with Crippen molar-refractivity contribution < 1.29 is 9.63 Å². The highest BCUT2D eigenvalue weighted by Gasteiger charge is 2.22. The molecule has 1 aliphatic heterocycles. The molecule has 0 saturated carbocycles. The highest BCUT2D eigenvalue weighted by Crippen LogP contribution is 2.23. The van der Waals surface area contributed by atoms with Gasteiger partial charge in [-0.2, -0.15) is 4.98 Å². The highest BCUT2D eigenvalue weighted by molar-refractivity contribution is 7.13. The van der Waals surface area contributed by atoms with Gasteiger partial charge in [0.25, 0.3) is 0 Å². The van der Waals surface area contributed by atoms with Gasteiger partial charge in [-0.15, -0.1) is 11.3 Å². The smallest absolute Gasteiger partial charge is 0.227 e. The van der Waals surface area contributed by atoms with E-state index in [1.54, 1.807) is 11.3 Å². The first-order valence-electron chi connectivity index (χ1n) is 11.2. The van der Waals surface area contributed by atoms with Crippen molar-refractivity contribution in [1.29, 1.82) is 0 Å². The molecule has 1 aromatic carbocycles. The van der Waals surface area contributed by atoms with E-state index in [-0.39, 0.29) is 0 Å². The van der Waals surface area contributed by atoms with Crippen molar-refractivity contribution >= 4 is 11.3 Å². The Morgan fingerprint density at radius 3 is 2.74 bits per heavy atom. The Morgan fingerprint density at radius 1 is 1.19 bits per heavy atom. The van der Waals surface area contributed by atoms with Crippen molar-refractivity contribution in [2.45, 2.75) is 31.8 Å². The number of benzene rings is 1. The molecule has 1 aliphatic rings. The van der Waals surface area contributed by atoms with E-state index in [4.69, 9.17) is 4.52 Å². The molecule has 2 aromatic heterocycles. The monoisotopic (exact) mass is 440 g/mol. The minimum atomic E-state index is -0.398. The molecule has 1 fully saturated rings. The molecule has 1 N–H and O–H groups in total. The molecular formula is C24H32N4O2S. The number of nitrogens with zero attached hydrogens (tertiary/aromatic N) is 4. The molecule has 0 bridgehead atoms. The average molecular weight is 441 g/mol. The zero-order valence-electron chi connectivity index (χ0n) is 18.2. The molecule has 3 aromatic rings. The second-order valence-corrected chi connectivity index (χ2v) is 9.47. The maximum absolute atomic E-state index is 10.5. The van der Waals surface area contributed by atoms with Crippen LogP contribution in [0.5, 0.6) is 0 Å². The Kier molecular flexibility index (Phi) is 7.86. The van der Waals surface area contributed by atoms with Crippen molar-refractivity contribution in [1.82, 2.24) is 19.9 Å². The summed E-state index contributed by atoms with van der Waals surface area (Å²) in [6, 6.07) is 14.0. The van der Waals surface area contributed by atoms with Crippen LogP contribution in [0.25, 0.3) is 10.7 Å². The lowest BCUT2D eigenvalue weighted by molar-refractivity contribution is 0.0829. The number of likely N-dealkylation sites (tertiary alicyclic amines) is 1. The molecule has 3 heterocycles. The standard InChI is InChI=1S/C24H32N4O2S/c1-27(13-5-10-23-25-24(26-30-23)22-9-6-16-31-22)17-19-11-14-28(15-12-19)18-21(29)20-7-3-2-4-8-20/h2-4,6-9,16,19,21,29H,5,10-15,17-18H2,1H3. The first-order valence-corrected chi connectivity index (χ1v) is 12.1. The van der Waals surface area contributed by atoms with Crippen LogP contribution in [-0.2, 0) is 6.42 Å².